The minimum absolute atomic E-state index is 0.0917. The van der Waals surface area contributed by atoms with Gasteiger partial charge in [-0.1, -0.05) is 29.8 Å². The molecule has 7 nitrogen and oxygen atoms in total. The van der Waals surface area contributed by atoms with E-state index in [2.05, 4.69) is 10.0 Å². The maximum Gasteiger partial charge on any atom is 0.321 e. The second-order valence-electron chi connectivity index (χ2n) is 5.81. The molecule has 9 heteroatoms. The number of nitrogens with one attached hydrogen (secondary N) is 2. The van der Waals surface area contributed by atoms with Gasteiger partial charge in [-0.15, -0.1) is 0 Å². The summed E-state index contributed by atoms with van der Waals surface area (Å²) < 4.78 is 31.6. The highest BCUT2D eigenvalue weighted by atomic mass is 35.5. The van der Waals surface area contributed by atoms with Crippen molar-refractivity contribution < 1.29 is 22.7 Å². The van der Waals surface area contributed by atoms with Crippen molar-refractivity contribution in [2.75, 3.05) is 18.5 Å². The number of benzene rings is 2. The Labute approximate surface area is 162 Å². The predicted molar refractivity (Wildman–Crippen MR) is 102 cm³/mol. The van der Waals surface area contributed by atoms with Crippen LogP contribution in [-0.4, -0.2) is 33.4 Å². The van der Waals surface area contributed by atoms with E-state index in [9.17, 15) is 18.0 Å². The number of rotatable bonds is 7. The molecule has 2 aromatic carbocycles. The van der Waals surface area contributed by atoms with Crippen LogP contribution < -0.4 is 10.0 Å². The lowest BCUT2D eigenvalue weighted by Crippen LogP contribution is -2.32. The standard InChI is InChI=1S/C18H19ClN2O5S/c1-12-6-7-13(2)16(8-12)27(24,25)20-10-18(23)26-11-17(22)21-15-5-3-4-14(19)9-15/h3-9,20H,10-11H2,1-2H3,(H,21,22). The summed E-state index contributed by atoms with van der Waals surface area (Å²) in [4.78, 5) is 23.6. The second-order valence-corrected chi connectivity index (χ2v) is 7.98. The first-order chi connectivity index (χ1) is 12.7. The van der Waals surface area contributed by atoms with Crippen LogP contribution in [0.2, 0.25) is 5.02 Å². The largest absolute Gasteiger partial charge is 0.455 e. The summed E-state index contributed by atoms with van der Waals surface area (Å²) in [6, 6.07) is 11.5. The molecule has 0 heterocycles. The Hall–Kier alpha value is -2.42. The molecule has 0 saturated carbocycles. The molecular weight excluding hydrogens is 392 g/mol. The number of amides is 1. The van der Waals surface area contributed by atoms with E-state index in [4.69, 9.17) is 16.3 Å². The van der Waals surface area contributed by atoms with Crippen LogP contribution in [0.3, 0.4) is 0 Å². The molecule has 2 aromatic rings. The third-order valence-electron chi connectivity index (χ3n) is 3.51. The molecule has 0 saturated heterocycles. The van der Waals surface area contributed by atoms with Gasteiger partial charge in [0.05, 0.1) is 4.90 Å². The quantitative estimate of drug-likeness (QED) is 0.682. The SMILES string of the molecule is Cc1ccc(C)c(S(=O)(=O)NCC(=O)OCC(=O)Nc2cccc(Cl)c2)c1. The highest BCUT2D eigenvalue weighted by molar-refractivity contribution is 7.89. The highest BCUT2D eigenvalue weighted by Gasteiger charge is 2.19. The van der Waals surface area contributed by atoms with Crippen molar-refractivity contribution in [1.82, 2.24) is 4.72 Å². The fourth-order valence-corrected chi connectivity index (χ4v) is 3.68. The zero-order chi connectivity index (χ0) is 20.0. The summed E-state index contributed by atoms with van der Waals surface area (Å²) in [5, 5.41) is 2.96. The number of esters is 1. The molecule has 0 aliphatic carbocycles. The van der Waals surface area contributed by atoms with E-state index >= 15 is 0 Å². The van der Waals surface area contributed by atoms with Gasteiger partial charge in [0, 0.05) is 10.7 Å². The molecule has 0 aromatic heterocycles. The van der Waals surface area contributed by atoms with Crippen molar-refractivity contribution >= 4 is 39.2 Å². The highest BCUT2D eigenvalue weighted by Crippen LogP contribution is 2.16. The van der Waals surface area contributed by atoms with Crippen molar-refractivity contribution in [3.05, 3.63) is 58.6 Å². The molecular formula is C18H19ClN2O5S. The van der Waals surface area contributed by atoms with Gasteiger partial charge in [0.15, 0.2) is 6.61 Å². The molecule has 0 spiro atoms. The Kier molecular flexibility index (Phi) is 6.95. The molecule has 2 N–H and O–H groups in total. The lowest BCUT2D eigenvalue weighted by atomic mass is 10.2. The number of hydrogen-bond donors (Lipinski definition) is 2. The van der Waals surface area contributed by atoms with Gasteiger partial charge < -0.3 is 10.1 Å². The smallest absolute Gasteiger partial charge is 0.321 e. The summed E-state index contributed by atoms with van der Waals surface area (Å²) in [5.41, 5.74) is 1.79. The Morgan fingerprint density at radius 3 is 2.56 bits per heavy atom. The van der Waals surface area contributed by atoms with Crippen LogP contribution in [0.4, 0.5) is 5.69 Å². The molecule has 27 heavy (non-hydrogen) atoms. The van der Waals surface area contributed by atoms with Gasteiger partial charge in [-0.05, 0) is 49.2 Å². The zero-order valence-corrected chi connectivity index (χ0v) is 16.4. The van der Waals surface area contributed by atoms with E-state index in [0.29, 0.717) is 16.3 Å². The van der Waals surface area contributed by atoms with Crippen molar-refractivity contribution in [2.45, 2.75) is 18.7 Å². The third kappa shape index (κ3) is 6.35. The second kappa shape index (κ2) is 8.98. The molecule has 144 valence electrons. The summed E-state index contributed by atoms with van der Waals surface area (Å²) >= 11 is 5.81. The normalized spacial score (nSPS) is 11.1. The van der Waals surface area contributed by atoms with Crippen LogP contribution in [0.15, 0.2) is 47.4 Å². The predicted octanol–water partition coefficient (Wildman–Crippen LogP) is 2.42. The lowest BCUT2D eigenvalue weighted by molar-refractivity contribution is -0.146. The van der Waals surface area contributed by atoms with Crippen LogP contribution >= 0.6 is 11.6 Å². The number of hydrogen-bond acceptors (Lipinski definition) is 5. The molecule has 0 atom stereocenters. The molecule has 2 rings (SSSR count). The average molecular weight is 411 g/mol. The number of ether oxygens (including phenoxy) is 1. The van der Waals surface area contributed by atoms with Crippen molar-refractivity contribution in [3.8, 4) is 0 Å². The van der Waals surface area contributed by atoms with Gasteiger partial charge in [-0.2, -0.15) is 4.72 Å². The van der Waals surface area contributed by atoms with Gasteiger partial charge in [-0.25, -0.2) is 8.42 Å². The molecule has 0 radical (unpaired) electrons. The molecule has 1 amide bonds. The van der Waals surface area contributed by atoms with Crippen molar-refractivity contribution in [1.29, 1.82) is 0 Å². The van der Waals surface area contributed by atoms with E-state index in [-0.39, 0.29) is 4.90 Å². The maximum absolute atomic E-state index is 12.3. The molecule has 0 aliphatic heterocycles. The van der Waals surface area contributed by atoms with E-state index in [0.717, 1.165) is 5.56 Å². The number of aryl methyl sites for hydroxylation is 2. The Balaban J connectivity index is 1.85. The number of anilines is 1. The number of sulfonamides is 1. The zero-order valence-electron chi connectivity index (χ0n) is 14.8. The van der Waals surface area contributed by atoms with Gasteiger partial charge >= 0.3 is 5.97 Å². The van der Waals surface area contributed by atoms with Crippen LogP contribution in [-0.2, 0) is 24.3 Å². The minimum Gasteiger partial charge on any atom is -0.455 e. The fourth-order valence-electron chi connectivity index (χ4n) is 2.19. The van der Waals surface area contributed by atoms with Gasteiger partial charge in [0.1, 0.15) is 6.54 Å². The molecule has 0 fully saturated rings. The number of halogens is 1. The average Bonchev–Trinajstić information content (AvgIpc) is 2.60. The lowest BCUT2D eigenvalue weighted by Gasteiger charge is -2.10. The first kappa shape index (κ1) is 20.9. The number of carbonyl (C=O) groups excluding carboxylic acids is 2. The van der Waals surface area contributed by atoms with Gasteiger partial charge in [0.2, 0.25) is 10.0 Å². The van der Waals surface area contributed by atoms with Crippen molar-refractivity contribution in [2.24, 2.45) is 0 Å². The van der Waals surface area contributed by atoms with E-state index in [1.54, 1.807) is 50.2 Å². The molecule has 0 unspecified atom stereocenters. The van der Waals surface area contributed by atoms with Crippen LogP contribution in [0.25, 0.3) is 0 Å². The minimum atomic E-state index is -3.87. The van der Waals surface area contributed by atoms with Gasteiger partial charge in [0.25, 0.3) is 5.91 Å². The van der Waals surface area contributed by atoms with Gasteiger partial charge in [-0.3, -0.25) is 9.59 Å². The Morgan fingerprint density at radius 2 is 1.85 bits per heavy atom. The van der Waals surface area contributed by atoms with E-state index in [1.807, 2.05) is 0 Å². The first-order valence-corrected chi connectivity index (χ1v) is 9.81. The van der Waals surface area contributed by atoms with Crippen LogP contribution in [0, 0.1) is 13.8 Å². The Bertz CT molecular complexity index is 960. The van der Waals surface area contributed by atoms with Crippen LogP contribution in [0.5, 0.6) is 0 Å². The Morgan fingerprint density at radius 1 is 1.11 bits per heavy atom. The summed E-state index contributed by atoms with van der Waals surface area (Å²) in [6.45, 7) is 2.30. The fraction of sp³-hybridized carbons (Fsp3) is 0.222. The van der Waals surface area contributed by atoms with E-state index in [1.165, 1.54) is 6.07 Å². The van der Waals surface area contributed by atoms with E-state index < -0.39 is 35.1 Å². The molecule has 0 bridgehead atoms. The number of carbonyl (C=O) groups is 2. The summed E-state index contributed by atoms with van der Waals surface area (Å²) in [6.07, 6.45) is 0. The topological polar surface area (TPSA) is 102 Å². The monoisotopic (exact) mass is 410 g/mol. The maximum atomic E-state index is 12.3. The first-order valence-electron chi connectivity index (χ1n) is 7.95. The van der Waals surface area contributed by atoms with Crippen molar-refractivity contribution in [3.63, 3.8) is 0 Å². The summed E-state index contributed by atoms with van der Waals surface area (Å²) in [5.74, 6) is -1.44. The summed E-state index contributed by atoms with van der Waals surface area (Å²) in [7, 11) is -3.87. The molecule has 0 aliphatic rings. The third-order valence-corrected chi connectivity index (χ3v) is 5.29. The van der Waals surface area contributed by atoms with Crippen LogP contribution in [0.1, 0.15) is 11.1 Å².